The van der Waals surface area contributed by atoms with Gasteiger partial charge in [-0.15, -0.1) is 0 Å². The summed E-state index contributed by atoms with van der Waals surface area (Å²) in [6, 6.07) is 7.91. The first-order valence-corrected chi connectivity index (χ1v) is 10.8. The number of aromatic nitrogens is 3. The maximum Gasteiger partial charge on any atom is 0.416 e. The summed E-state index contributed by atoms with van der Waals surface area (Å²) in [5.74, 6) is 0.0594. The Morgan fingerprint density at radius 3 is 2.80 bits per heavy atom. The van der Waals surface area contributed by atoms with Gasteiger partial charge in [0, 0.05) is 37.6 Å². The van der Waals surface area contributed by atoms with Crippen LogP contribution in [0.4, 0.5) is 30.6 Å². The Morgan fingerprint density at radius 2 is 2.06 bits per heavy atom. The first-order valence-electron chi connectivity index (χ1n) is 10.8. The number of carbonyl (C=O) groups is 1. The van der Waals surface area contributed by atoms with E-state index in [9.17, 15) is 18.0 Å². The fourth-order valence-electron chi connectivity index (χ4n) is 3.42. The van der Waals surface area contributed by atoms with Crippen molar-refractivity contribution in [3.05, 3.63) is 65.6 Å². The van der Waals surface area contributed by atoms with Crippen molar-refractivity contribution in [2.45, 2.75) is 25.2 Å². The molecule has 0 saturated carbocycles. The third-order valence-electron chi connectivity index (χ3n) is 5.11. The summed E-state index contributed by atoms with van der Waals surface area (Å²) in [6.07, 6.45) is -1.30. The first-order chi connectivity index (χ1) is 16.8. The van der Waals surface area contributed by atoms with Crippen LogP contribution in [0.15, 0.2) is 48.8 Å². The fraction of sp³-hybridized carbons (Fsp3) is 0.304. The molecule has 4 rings (SSSR count). The minimum atomic E-state index is -4.62. The number of hydrogen-bond acceptors (Lipinski definition) is 8. The van der Waals surface area contributed by atoms with Gasteiger partial charge in [0.1, 0.15) is 17.7 Å². The standard InChI is InChI=1S/C23H23F3N6O3/c1-27-22-29-7-4-15(32-22)12-30-20-19(3-2-6-28-20)21(33)31-16-9-14(23(24,25)26)10-18(11-16)35-17-5-8-34-13-17/h2-4,6-7,9-11,17H,5,8,12-13H2,1H3,(H,28,30)(H,31,33)(H,27,29,32). The molecule has 1 atom stereocenters. The molecule has 1 aliphatic heterocycles. The first kappa shape index (κ1) is 24.2. The highest BCUT2D eigenvalue weighted by atomic mass is 19.4. The van der Waals surface area contributed by atoms with Gasteiger partial charge in [-0.25, -0.2) is 15.0 Å². The summed E-state index contributed by atoms with van der Waals surface area (Å²) < 4.78 is 51.3. The molecular weight excluding hydrogens is 465 g/mol. The molecule has 1 saturated heterocycles. The molecule has 1 aromatic carbocycles. The van der Waals surface area contributed by atoms with Crippen LogP contribution in [0.1, 0.15) is 28.0 Å². The topological polar surface area (TPSA) is 110 Å². The van der Waals surface area contributed by atoms with Gasteiger partial charge in [-0.3, -0.25) is 4.79 Å². The largest absolute Gasteiger partial charge is 0.488 e. The van der Waals surface area contributed by atoms with E-state index in [0.29, 0.717) is 31.3 Å². The van der Waals surface area contributed by atoms with Gasteiger partial charge in [0.2, 0.25) is 5.95 Å². The molecule has 35 heavy (non-hydrogen) atoms. The van der Waals surface area contributed by atoms with Crippen molar-refractivity contribution in [1.29, 1.82) is 0 Å². The number of halogens is 3. The summed E-state index contributed by atoms with van der Waals surface area (Å²) in [5.41, 5.74) is -0.183. The normalized spacial score (nSPS) is 15.5. The van der Waals surface area contributed by atoms with Crippen molar-refractivity contribution in [3.8, 4) is 5.75 Å². The average Bonchev–Trinajstić information content (AvgIpc) is 3.35. The fourth-order valence-corrected chi connectivity index (χ4v) is 3.42. The second-order valence-corrected chi connectivity index (χ2v) is 7.68. The van der Waals surface area contributed by atoms with Crippen LogP contribution in [-0.2, 0) is 17.5 Å². The summed E-state index contributed by atoms with van der Waals surface area (Å²) in [6.45, 7) is 1.03. The van der Waals surface area contributed by atoms with Crippen molar-refractivity contribution >= 4 is 23.4 Å². The predicted molar refractivity (Wildman–Crippen MR) is 122 cm³/mol. The molecule has 2 aromatic heterocycles. The van der Waals surface area contributed by atoms with Crippen LogP contribution in [0, 0.1) is 0 Å². The maximum absolute atomic E-state index is 13.5. The highest BCUT2D eigenvalue weighted by Crippen LogP contribution is 2.35. The number of anilines is 3. The molecule has 12 heteroatoms. The van der Waals surface area contributed by atoms with Crippen molar-refractivity contribution in [1.82, 2.24) is 15.0 Å². The molecule has 1 aliphatic rings. The molecule has 0 spiro atoms. The molecule has 184 valence electrons. The van der Waals surface area contributed by atoms with E-state index in [2.05, 4.69) is 30.9 Å². The smallest absolute Gasteiger partial charge is 0.416 e. The second kappa shape index (κ2) is 10.6. The van der Waals surface area contributed by atoms with E-state index in [-0.39, 0.29) is 35.5 Å². The van der Waals surface area contributed by atoms with Crippen LogP contribution < -0.4 is 20.7 Å². The third kappa shape index (κ3) is 6.35. The molecule has 9 nitrogen and oxygen atoms in total. The molecule has 0 aliphatic carbocycles. The Bertz CT molecular complexity index is 1190. The van der Waals surface area contributed by atoms with Gasteiger partial charge >= 0.3 is 6.18 Å². The monoisotopic (exact) mass is 488 g/mol. The zero-order valence-electron chi connectivity index (χ0n) is 18.7. The van der Waals surface area contributed by atoms with E-state index in [4.69, 9.17) is 9.47 Å². The molecule has 1 fully saturated rings. The lowest BCUT2D eigenvalue weighted by Crippen LogP contribution is -2.18. The molecule has 3 N–H and O–H groups in total. The highest BCUT2D eigenvalue weighted by molar-refractivity contribution is 6.07. The third-order valence-corrected chi connectivity index (χ3v) is 5.11. The number of nitrogens with one attached hydrogen (secondary N) is 3. The van der Waals surface area contributed by atoms with E-state index >= 15 is 0 Å². The van der Waals surface area contributed by atoms with E-state index in [1.54, 1.807) is 25.4 Å². The number of alkyl halides is 3. The predicted octanol–water partition coefficient (Wildman–Crippen LogP) is 3.96. The molecule has 3 heterocycles. The lowest BCUT2D eigenvalue weighted by Gasteiger charge is -2.17. The summed E-state index contributed by atoms with van der Waals surface area (Å²) in [4.78, 5) is 25.5. The number of amides is 1. The quantitative estimate of drug-likeness (QED) is 0.437. The van der Waals surface area contributed by atoms with Crippen LogP contribution in [0.3, 0.4) is 0 Å². The van der Waals surface area contributed by atoms with E-state index < -0.39 is 17.6 Å². The maximum atomic E-state index is 13.5. The van der Waals surface area contributed by atoms with Gasteiger partial charge in [-0.1, -0.05) is 0 Å². The summed E-state index contributed by atoms with van der Waals surface area (Å²) >= 11 is 0. The van der Waals surface area contributed by atoms with Crippen LogP contribution >= 0.6 is 0 Å². The van der Waals surface area contributed by atoms with Crippen LogP contribution in [-0.4, -0.2) is 47.2 Å². The number of nitrogens with zero attached hydrogens (tertiary/aromatic N) is 3. The number of ether oxygens (including phenoxy) is 2. The van der Waals surface area contributed by atoms with E-state index in [1.165, 1.54) is 18.3 Å². The molecule has 3 aromatic rings. The summed E-state index contributed by atoms with van der Waals surface area (Å²) in [5, 5.41) is 8.40. The summed E-state index contributed by atoms with van der Waals surface area (Å²) in [7, 11) is 1.69. The van der Waals surface area contributed by atoms with Gasteiger partial charge in [0.05, 0.1) is 36.6 Å². The zero-order chi connectivity index (χ0) is 24.8. The SMILES string of the molecule is CNc1nccc(CNc2ncccc2C(=O)Nc2cc(OC3CCOC3)cc(C(F)(F)F)c2)n1. The Kier molecular flexibility index (Phi) is 7.30. The Hall–Kier alpha value is -3.93. The number of rotatable bonds is 8. The van der Waals surface area contributed by atoms with Gasteiger partial charge in [-0.2, -0.15) is 13.2 Å². The van der Waals surface area contributed by atoms with Crippen molar-refractivity contribution in [2.24, 2.45) is 0 Å². The van der Waals surface area contributed by atoms with Gasteiger partial charge in [0.15, 0.2) is 0 Å². The molecular formula is C23H23F3N6O3. The van der Waals surface area contributed by atoms with Crippen LogP contribution in [0.25, 0.3) is 0 Å². The van der Waals surface area contributed by atoms with Gasteiger partial charge < -0.3 is 25.4 Å². The lowest BCUT2D eigenvalue weighted by molar-refractivity contribution is -0.137. The second-order valence-electron chi connectivity index (χ2n) is 7.68. The number of pyridine rings is 1. The van der Waals surface area contributed by atoms with Crippen molar-refractivity contribution in [2.75, 3.05) is 36.2 Å². The molecule has 0 bridgehead atoms. The number of hydrogen-bond donors (Lipinski definition) is 3. The average molecular weight is 488 g/mol. The highest BCUT2D eigenvalue weighted by Gasteiger charge is 2.32. The Morgan fingerprint density at radius 1 is 1.20 bits per heavy atom. The zero-order valence-corrected chi connectivity index (χ0v) is 18.7. The molecule has 0 radical (unpaired) electrons. The van der Waals surface area contributed by atoms with Gasteiger partial charge in [0.25, 0.3) is 5.91 Å². The van der Waals surface area contributed by atoms with Crippen molar-refractivity contribution in [3.63, 3.8) is 0 Å². The number of carbonyl (C=O) groups excluding carboxylic acids is 1. The minimum absolute atomic E-state index is 0.000686. The molecule has 1 amide bonds. The van der Waals surface area contributed by atoms with Crippen LogP contribution in [0.2, 0.25) is 0 Å². The minimum Gasteiger partial charge on any atom is -0.488 e. The van der Waals surface area contributed by atoms with Crippen LogP contribution in [0.5, 0.6) is 5.75 Å². The van der Waals surface area contributed by atoms with Crippen molar-refractivity contribution < 1.29 is 27.4 Å². The number of benzene rings is 1. The molecule has 1 unspecified atom stereocenters. The Balaban J connectivity index is 1.53. The van der Waals surface area contributed by atoms with E-state index in [1.807, 2.05) is 0 Å². The van der Waals surface area contributed by atoms with Gasteiger partial charge in [-0.05, 0) is 30.3 Å². The lowest BCUT2D eigenvalue weighted by atomic mass is 10.1. The van der Waals surface area contributed by atoms with E-state index in [0.717, 1.165) is 12.1 Å². The Labute approximate surface area is 199 Å².